The molecule has 10 nitrogen and oxygen atoms in total. The Morgan fingerprint density at radius 3 is 1.83 bits per heavy atom. The summed E-state index contributed by atoms with van der Waals surface area (Å²) < 4.78 is 94.6. The number of anilines is 1. The molecule has 125 valence electrons. The van der Waals surface area contributed by atoms with Crippen molar-refractivity contribution in [1.29, 1.82) is 0 Å². The van der Waals surface area contributed by atoms with E-state index in [2.05, 4.69) is 0 Å². The van der Waals surface area contributed by atoms with Crippen LogP contribution in [0.1, 0.15) is 0 Å². The average molecular weight is 382 g/mol. The van der Waals surface area contributed by atoms with Crippen molar-refractivity contribution in [3.63, 3.8) is 0 Å². The molecule has 0 spiro atoms. The van der Waals surface area contributed by atoms with Gasteiger partial charge in [-0.15, -0.1) is 0 Å². The highest BCUT2D eigenvalue weighted by Crippen LogP contribution is 2.33. The third-order valence-electron chi connectivity index (χ3n) is 2.77. The molecule has 0 saturated heterocycles. The molecule has 2 aromatic rings. The summed E-state index contributed by atoms with van der Waals surface area (Å²) >= 11 is 0. The van der Waals surface area contributed by atoms with Crippen molar-refractivity contribution in [1.82, 2.24) is 0 Å². The van der Waals surface area contributed by atoms with Gasteiger partial charge in [0, 0.05) is 11.5 Å². The summed E-state index contributed by atoms with van der Waals surface area (Å²) in [6.07, 6.45) is 0. The van der Waals surface area contributed by atoms with E-state index in [1.54, 1.807) is 0 Å². The molecule has 0 unspecified atom stereocenters. The van der Waals surface area contributed by atoms with Crippen molar-refractivity contribution in [3.8, 4) is 0 Å². The summed E-state index contributed by atoms with van der Waals surface area (Å²) in [6, 6.07) is 3.87. The maximum absolute atomic E-state index is 11.4. The third-order valence-corrected chi connectivity index (χ3v) is 5.26. The minimum Gasteiger partial charge on any atom is -0.398 e. The van der Waals surface area contributed by atoms with E-state index in [4.69, 9.17) is 14.8 Å². The van der Waals surface area contributed by atoms with Crippen LogP contribution in [0.4, 0.5) is 5.69 Å². The van der Waals surface area contributed by atoms with Crippen molar-refractivity contribution in [2.24, 2.45) is 0 Å². The molecule has 2 rings (SSSR count). The lowest BCUT2D eigenvalue weighted by Gasteiger charge is -2.10. The first-order chi connectivity index (χ1) is 10.2. The summed E-state index contributed by atoms with van der Waals surface area (Å²) in [7, 11) is -14.6. The van der Waals surface area contributed by atoms with Gasteiger partial charge in [-0.3, -0.25) is 13.7 Å². The Morgan fingerprint density at radius 1 is 0.826 bits per heavy atom. The highest BCUT2D eigenvalue weighted by atomic mass is 32.2. The quantitative estimate of drug-likeness (QED) is 0.414. The smallest absolute Gasteiger partial charge is 0.295 e. The molecule has 23 heavy (non-hydrogen) atoms. The molecule has 0 aliphatic heterocycles. The lowest BCUT2D eigenvalue weighted by molar-refractivity contribution is 0.480. The molecule has 2 aromatic carbocycles. The minimum atomic E-state index is -4.97. The monoisotopic (exact) mass is 382 g/mol. The van der Waals surface area contributed by atoms with Gasteiger partial charge in [0.15, 0.2) is 0 Å². The first-order valence-corrected chi connectivity index (χ1v) is 9.75. The van der Waals surface area contributed by atoms with Crippen LogP contribution >= 0.6 is 0 Å². The van der Waals surface area contributed by atoms with Crippen molar-refractivity contribution < 1.29 is 38.9 Å². The van der Waals surface area contributed by atoms with Crippen LogP contribution in [0.5, 0.6) is 0 Å². The number of hydrogen-bond donors (Lipinski definition) is 4. The lowest BCUT2D eigenvalue weighted by atomic mass is 10.1. The van der Waals surface area contributed by atoms with Gasteiger partial charge in [0.1, 0.15) is 9.79 Å². The van der Waals surface area contributed by atoms with Crippen LogP contribution in [0, 0.1) is 6.07 Å². The molecule has 0 saturated carbocycles. The molecule has 1 radical (unpaired) electrons. The van der Waals surface area contributed by atoms with E-state index in [1.807, 2.05) is 6.07 Å². The maximum atomic E-state index is 11.4. The largest absolute Gasteiger partial charge is 0.398 e. The molecule has 0 aliphatic rings. The van der Waals surface area contributed by atoms with Gasteiger partial charge in [-0.1, -0.05) is 0 Å². The molecule has 0 amide bonds. The van der Waals surface area contributed by atoms with E-state index in [0.717, 1.165) is 6.07 Å². The zero-order valence-electron chi connectivity index (χ0n) is 10.8. The SMILES string of the molecule is Nc1[c]c(S(=O)(=O)O)cc2cc(S(=O)(=O)O)cc(S(=O)(=O)O)c12. The topological polar surface area (TPSA) is 189 Å². The Kier molecular flexibility index (Phi) is 3.91. The van der Waals surface area contributed by atoms with Gasteiger partial charge in [-0.2, -0.15) is 25.3 Å². The van der Waals surface area contributed by atoms with Gasteiger partial charge in [0.25, 0.3) is 30.4 Å². The van der Waals surface area contributed by atoms with Gasteiger partial charge in [-0.25, -0.2) is 0 Å². The molecule has 0 aliphatic carbocycles. The van der Waals surface area contributed by atoms with E-state index in [0.29, 0.717) is 12.1 Å². The zero-order valence-corrected chi connectivity index (χ0v) is 13.3. The first kappa shape index (κ1) is 17.6. The summed E-state index contributed by atoms with van der Waals surface area (Å²) in [4.78, 5) is -2.75. The van der Waals surface area contributed by atoms with Gasteiger partial charge in [0.2, 0.25) is 0 Å². The summed E-state index contributed by atoms with van der Waals surface area (Å²) in [6.45, 7) is 0. The molecule has 0 bridgehead atoms. The standard InChI is InChI=1S/C10H8NO9S3/c11-8-3-6(21(12,13)14)1-5-2-7(22(15,16)17)4-9(10(5)8)23(18,19)20/h1-2,4H,11H2,(H,12,13,14)(H,15,16,17)(H,18,19,20). The number of nitrogen functional groups attached to an aromatic ring is 1. The Morgan fingerprint density at radius 2 is 1.39 bits per heavy atom. The van der Waals surface area contributed by atoms with Crippen molar-refractivity contribution in [3.05, 3.63) is 24.3 Å². The van der Waals surface area contributed by atoms with Crippen molar-refractivity contribution in [2.45, 2.75) is 14.7 Å². The Balaban J connectivity index is 3.12. The van der Waals surface area contributed by atoms with Gasteiger partial charge in [-0.05, 0) is 23.6 Å². The molecular formula is C10H8NO9S3. The molecule has 13 heteroatoms. The predicted molar refractivity (Wildman–Crippen MR) is 76.6 cm³/mol. The molecule has 0 aromatic heterocycles. The number of benzene rings is 2. The Labute approximate surface area is 130 Å². The first-order valence-electron chi connectivity index (χ1n) is 5.43. The molecule has 0 fully saturated rings. The second kappa shape index (κ2) is 5.12. The molecular weight excluding hydrogens is 374 g/mol. The van der Waals surface area contributed by atoms with E-state index in [-0.39, 0.29) is 5.39 Å². The van der Waals surface area contributed by atoms with E-state index >= 15 is 0 Å². The van der Waals surface area contributed by atoms with E-state index in [9.17, 15) is 29.8 Å². The summed E-state index contributed by atoms with van der Waals surface area (Å²) in [5.41, 5.74) is 4.91. The fourth-order valence-electron chi connectivity index (χ4n) is 1.88. The van der Waals surface area contributed by atoms with Gasteiger partial charge < -0.3 is 5.73 Å². The minimum absolute atomic E-state index is 0.378. The summed E-state index contributed by atoms with van der Waals surface area (Å²) in [5, 5.41) is -0.802. The van der Waals surface area contributed by atoms with Gasteiger partial charge >= 0.3 is 0 Å². The van der Waals surface area contributed by atoms with E-state index in [1.165, 1.54) is 0 Å². The zero-order chi connectivity index (χ0) is 17.8. The van der Waals surface area contributed by atoms with Gasteiger partial charge in [0.05, 0.1) is 10.6 Å². The van der Waals surface area contributed by atoms with Crippen LogP contribution in [0.25, 0.3) is 10.8 Å². The predicted octanol–water partition coefficient (Wildman–Crippen LogP) is -0.0377. The normalized spacial score (nSPS) is 13.3. The lowest BCUT2D eigenvalue weighted by Crippen LogP contribution is -2.07. The molecule has 0 atom stereocenters. The highest BCUT2D eigenvalue weighted by Gasteiger charge is 2.24. The summed E-state index contributed by atoms with van der Waals surface area (Å²) in [5.74, 6) is 0. The molecule has 0 heterocycles. The fourth-order valence-corrected chi connectivity index (χ4v) is 3.77. The van der Waals surface area contributed by atoms with Crippen LogP contribution in [0.15, 0.2) is 32.9 Å². The average Bonchev–Trinajstić information content (AvgIpc) is 2.33. The Hall–Kier alpha value is -1.77. The van der Waals surface area contributed by atoms with Crippen LogP contribution in [-0.2, 0) is 30.4 Å². The molecule has 5 N–H and O–H groups in total. The Bertz CT molecular complexity index is 1130. The fraction of sp³-hybridized carbons (Fsp3) is 0. The van der Waals surface area contributed by atoms with Crippen LogP contribution in [0.2, 0.25) is 0 Å². The number of fused-ring (bicyclic) bond motifs is 1. The van der Waals surface area contributed by atoms with E-state index < -0.39 is 56.1 Å². The third kappa shape index (κ3) is 3.44. The highest BCUT2D eigenvalue weighted by molar-refractivity contribution is 7.87. The van der Waals surface area contributed by atoms with Crippen molar-refractivity contribution >= 4 is 46.8 Å². The van der Waals surface area contributed by atoms with Crippen LogP contribution < -0.4 is 5.73 Å². The number of rotatable bonds is 3. The maximum Gasteiger partial charge on any atom is 0.295 e. The van der Waals surface area contributed by atoms with Crippen LogP contribution in [0.3, 0.4) is 0 Å². The number of hydrogen-bond acceptors (Lipinski definition) is 7. The second-order valence-electron chi connectivity index (χ2n) is 4.36. The number of nitrogens with two attached hydrogens (primary N) is 1. The second-order valence-corrected chi connectivity index (χ2v) is 8.56. The van der Waals surface area contributed by atoms with Crippen molar-refractivity contribution in [2.75, 3.05) is 5.73 Å². The van der Waals surface area contributed by atoms with Crippen LogP contribution in [-0.4, -0.2) is 38.9 Å².